The van der Waals surface area contributed by atoms with Gasteiger partial charge in [-0.05, 0) is 54.5 Å². The first-order valence-electron chi connectivity index (χ1n) is 11.0. The molecule has 0 unspecified atom stereocenters. The number of carbonyl (C=O) groups is 2. The molecule has 6 nitrogen and oxygen atoms in total. The maximum atomic E-state index is 12.0. The van der Waals surface area contributed by atoms with Gasteiger partial charge < -0.3 is 19.7 Å². The molecule has 1 N–H and O–H groups in total. The molecule has 0 aromatic heterocycles. The van der Waals surface area contributed by atoms with Gasteiger partial charge in [0.2, 0.25) is 0 Å². The number of alkyl carbamates (subject to hydrolysis) is 1. The number of amides is 1. The van der Waals surface area contributed by atoms with Crippen LogP contribution in [0.1, 0.15) is 41.8 Å². The smallest absolute Gasteiger partial charge is 0.407 e. The second-order valence-electron chi connectivity index (χ2n) is 8.22. The summed E-state index contributed by atoms with van der Waals surface area (Å²) in [5.74, 6) is 0.0649. The Morgan fingerprint density at radius 2 is 1.90 bits per heavy atom. The summed E-state index contributed by atoms with van der Waals surface area (Å²) in [5.41, 5.74) is 4.38. The zero-order valence-electron chi connectivity index (χ0n) is 18.4. The number of nitrogens with one attached hydrogen (secondary N) is 1. The average molecular weight is 425 g/mol. The maximum Gasteiger partial charge on any atom is 0.407 e. The predicted octanol–water partition coefficient (Wildman–Crippen LogP) is 4.22. The molecular weight excluding hydrogens is 392 g/mol. The van der Waals surface area contributed by atoms with Crippen LogP contribution in [0.5, 0.6) is 0 Å². The number of anilines is 1. The van der Waals surface area contributed by atoms with Crippen molar-refractivity contribution in [3.05, 3.63) is 65.2 Å². The number of ether oxygens (including phenoxy) is 2. The van der Waals surface area contributed by atoms with E-state index in [1.807, 2.05) is 32.0 Å². The van der Waals surface area contributed by atoms with Crippen LogP contribution in [0.3, 0.4) is 0 Å². The molecule has 31 heavy (non-hydrogen) atoms. The summed E-state index contributed by atoms with van der Waals surface area (Å²) < 4.78 is 10.5. The summed E-state index contributed by atoms with van der Waals surface area (Å²) in [7, 11) is 0. The zero-order valence-corrected chi connectivity index (χ0v) is 18.4. The third-order valence-electron chi connectivity index (χ3n) is 5.18. The minimum absolute atomic E-state index is 0.270. The van der Waals surface area contributed by atoms with E-state index in [9.17, 15) is 9.59 Å². The topological polar surface area (TPSA) is 67.9 Å². The number of nitrogens with zero attached hydrogens (tertiary/aromatic N) is 1. The number of rotatable bonds is 10. The van der Waals surface area contributed by atoms with Crippen LogP contribution in [-0.4, -0.2) is 44.9 Å². The zero-order chi connectivity index (χ0) is 22.1. The van der Waals surface area contributed by atoms with Crippen molar-refractivity contribution in [3.63, 3.8) is 0 Å². The number of carbonyl (C=O) groups excluding carboxylic acids is 2. The Kier molecular flexibility index (Phi) is 8.33. The van der Waals surface area contributed by atoms with Crippen molar-refractivity contribution in [2.24, 2.45) is 5.92 Å². The molecule has 2 aromatic rings. The van der Waals surface area contributed by atoms with E-state index in [4.69, 9.17) is 9.47 Å². The molecule has 0 aliphatic carbocycles. The SMILES string of the molecule is CC(C)COC(=O)NCCc1ccc2c(c1)CCN2CCCOC(=O)c1ccccc1. The van der Waals surface area contributed by atoms with Crippen LogP contribution in [0.15, 0.2) is 48.5 Å². The number of hydrogen-bond acceptors (Lipinski definition) is 5. The van der Waals surface area contributed by atoms with E-state index in [2.05, 4.69) is 28.4 Å². The largest absolute Gasteiger partial charge is 0.462 e. The molecule has 1 heterocycles. The van der Waals surface area contributed by atoms with Gasteiger partial charge >= 0.3 is 12.1 Å². The highest BCUT2D eigenvalue weighted by molar-refractivity contribution is 5.89. The Hall–Kier alpha value is -3.02. The summed E-state index contributed by atoms with van der Waals surface area (Å²) in [6.45, 7) is 7.27. The third-order valence-corrected chi connectivity index (χ3v) is 5.18. The minimum Gasteiger partial charge on any atom is -0.462 e. The number of benzene rings is 2. The van der Waals surface area contributed by atoms with Crippen LogP contribution in [0.2, 0.25) is 0 Å². The molecule has 1 aliphatic rings. The Morgan fingerprint density at radius 1 is 1.10 bits per heavy atom. The normalized spacial score (nSPS) is 12.5. The van der Waals surface area contributed by atoms with E-state index >= 15 is 0 Å². The van der Waals surface area contributed by atoms with Crippen molar-refractivity contribution in [2.45, 2.75) is 33.1 Å². The first-order valence-corrected chi connectivity index (χ1v) is 11.0. The summed E-state index contributed by atoms with van der Waals surface area (Å²) in [5, 5.41) is 2.81. The first kappa shape index (κ1) is 22.7. The molecule has 0 atom stereocenters. The average Bonchev–Trinajstić information content (AvgIpc) is 3.18. The van der Waals surface area contributed by atoms with Gasteiger partial charge in [0.25, 0.3) is 0 Å². The van der Waals surface area contributed by atoms with E-state index in [-0.39, 0.29) is 12.1 Å². The predicted molar refractivity (Wildman–Crippen MR) is 122 cm³/mol. The van der Waals surface area contributed by atoms with Crippen molar-refractivity contribution in [1.82, 2.24) is 5.32 Å². The van der Waals surface area contributed by atoms with E-state index in [0.29, 0.717) is 31.2 Å². The molecule has 166 valence electrons. The van der Waals surface area contributed by atoms with Gasteiger partial charge in [0, 0.05) is 25.3 Å². The molecule has 2 aromatic carbocycles. The first-order chi connectivity index (χ1) is 15.0. The van der Waals surface area contributed by atoms with Crippen LogP contribution in [0.4, 0.5) is 10.5 Å². The van der Waals surface area contributed by atoms with Crippen LogP contribution in [0, 0.1) is 5.92 Å². The molecule has 0 saturated heterocycles. The highest BCUT2D eigenvalue weighted by Gasteiger charge is 2.19. The minimum atomic E-state index is -0.353. The molecule has 0 spiro atoms. The van der Waals surface area contributed by atoms with Gasteiger partial charge in [-0.2, -0.15) is 0 Å². The van der Waals surface area contributed by atoms with Gasteiger partial charge in [0.05, 0.1) is 18.8 Å². The highest BCUT2D eigenvalue weighted by atomic mass is 16.5. The van der Waals surface area contributed by atoms with E-state index in [1.165, 1.54) is 16.8 Å². The maximum absolute atomic E-state index is 12.0. The third kappa shape index (κ3) is 7.02. The highest BCUT2D eigenvalue weighted by Crippen LogP contribution is 2.29. The van der Waals surface area contributed by atoms with Gasteiger partial charge in [0.15, 0.2) is 0 Å². The lowest BCUT2D eigenvalue weighted by molar-refractivity contribution is 0.0502. The lowest BCUT2D eigenvalue weighted by Crippen LogP contribution is -2.27. The monoisotopic (exact) mass is 424 g/mol. The number of esters is 1. The second kappa shape index (κ2) is 11.4. The molecule has 0 radical (unpaired) electrons. The quantitative estimate of drug-likeness (QED) is 0.457. The second-order valence-corrected chi connectivity index (χ2v) is 8.22. The van der Waals surface area contributed by atoms with E-state index in [0.717, 1.165) is 32.4 Å². The van der Waals surface area contributed by atoms with Crippen LogP contribution in [-0.2, 0) is 22.3 Å². The standard InChI is InChI=1S/C25H32N2O4/c1-19(2)18-31-25(29)26-13-11-20-9-10-23-22(17-20)12-15-27(23)14-6-16-30-24(28)21-7-4-3-5-8-21/h3-5,7-10,17,19H,6,11-16,18H2,1-2H3,(H,26,29). The molecule has 3 rings (SSSR count). The van der Waals surface area contributed by atoms with Gasteiger partial charge in [-0.1, -0.05) is 44.2 Å². The van der Waals surface area contributed by atoms with Gasteiger partial charge in [-0.15, -0.1) is 0 Å². The van der Waals surface area contributed by atoms with Crippen molar-refractivity contribution in [1.29, 1.82) is 0 Å². The summed E-state index contributed by atoms with van der Waals surface area (Å²) >= 11 is 0. The van der Waals surface area contributed by atoms with Gasteiger partial charge in [-0.3, -0.25) is 0 Å². The Bertz CT molecular complexity index is 867. The summed E-state index contributed by atoms with van der Waals surface area (Å²) in [4.78, 5) is 26.0. The number of hydrogen-bond donors (Lipinski definition) is 1. The van der Waals surface area contributed by atoms with Gasteiger partial charge in [-0.25, -0.2) is 9.59 Å². The molecule has 1 amide bonds. The molecule has 1 aliphatic heterocycles. The van der Waals surface area contributed by atoms with Crippen molar-refractivity contribution < 1.29 is 19.1 Å². The lowest BCUT2D eigenvalue weighted by Gasteiger charge is -2.19. The van der Waals surface area contributed by atoms with E-state index < -0.39 is 0 Å². The molecule has 0 saturated carbocycles. The van der Waals surface area contributed by atoms with Crippen LogP contribution in [0.25, 0.3) is 0 Å². The Balaban J connectivity index is 1.39. The Morgan fingerprint density at radius 3 is 2.68 bits per heavy atom. The fraction of sp³-hybridized carbons (Fsp3) is 0.440. The molecular formula is C25H32N2O4. The molecule has 0 fully saturated rings. The fourth-order valence-corrected chi connectivity index (χ4v) is 3.59. The molecule has 0 bridgehead atoms. The molecule has 6 heteroatoms. The lowest BCUT2D eigenvalue weighted by atomic mass is 10.1. The van der Waals surface area contributed by atoms with E-state index in [1.54, 1.807) is 12.1 Å². The summed E-state index contributed by atoms with van der Waals surface area (Å²) in [6, 6.07) is 15.6. The van der Waals surface area contributed by atoms with Crippen molar-refractivity contribution in [2.75, 3.05) is 37.7 Å². The van der Waals surface area contributed by atoms with Gasteiger partial charge in [0.1, 0.15) is 0 Å². The van der Waals surface area contributed by atoms with Crippen molar-refractivity contribution in [3.8, 4) is 0 Å². The summed E-state index contributed by atoms with van der Waals surface area (Å²) in [6.07, 6.45) is 2.23. The number of fused-ring (bicyclic) bond motifs is 1. The van der Waals surface area contributed by atoms with Crippen molar-refractivity contribution >= 4 is 17.7 Å². The Labute approximate surface area is 184 Å². The van der Waals surface area contributed by atoms with Crippen LogP contribution >= 0.6 is 0 Å². The fourth-order valence-electron chi connectivity index (χ4n) is 3.59. The van der Waals surface area contributed by atoms with Crippen LogP contribution < -0.4 is 10.2 Å².